The van der Waals surface area contributed by atoms with Crippen molar-refractivity contribution in [3.63, 3.8) is 0 Å². The van der Waals surface area contributed by atoms with Crippen molar-refractivity contribution in [1.29, 1.82) is 0 Å². The molecule has 0 fully saturated rings. The Morgan fingerprint density at radius 3 is 2.47 bits per heavy atom. The summed E-state index contributed by atoms with van der Waals surface area (Å²) in [4.78, 5) is 0.256. The first-order chi connectivity index (χ1) is 15.0. The van der Waals surface area contributed by atoms with E-state index >= 15 is 0 Å². The third-order valence-corrected chi connectivity index (χ3v) is 9.26. The third kappa shape index (κ3) is 4.05. The molecule has 1 aliphatic rings. The highest BCUT2D eigenvalue weighted by molar-refractivity contribution is 7.91. The summed E-state index contributed by atoms with van der Waals surface area (Å²) in [5.74, 6) is 0.659. The SMILES string of the molecule is COc1ccc2c(c1)c1c(n2S(=O)(=O)c2ccc(C)cc2)CCC[C@@H]1N[S+]([O-])C(C)(C)C. The molecule has 1 heterocycles. The number of rotatable bonds is 5. The second-order valence-electron chi connectivity index (χ2n) is 9.27. The lowest BCUT2D eigenvalue weighted by molar-refractivity contribution is 0.415. The Bertz CT molecular complexity index is 1240. The van der Waals surface area contributed by atoms with Crippen LogP contribution in [0.5, 0.6) is 5.75 Å². The van der Waals surface area contributed by atoms with Gasteiger partial charge in [-0.05, 0) is 77.3 Å². The first-order valence-electron chi connectivity index (χ1n) is 10.8. The minimum absolute atomic E-state index is 0.206. The van der Waals surface area contributed by atoms with E-state index in [0.29, 0.717) is 17.7 Å². The fourth-order valence-electron chi connectivity index (χ4n) is 4.20. The zero-order chi connectivity index (χ0) is 23.3. The van der Waals surface area contributed by atoms with E-state index < -0.39 is 26.1 Å². The number of hydrogen-bond acceptors (Lipinski definition) is 5. The Morgan fingerprint density at radius 2 is 1.84 bits per heavy atom. The van der Waals surface area contributed by atoms with E-state index in [9.17, 15) is 13.0 Å². The Kier molecular flexibility index (Phi) is 6.09. The van der Waals surface area contributed by atoms with Gasteiger partial charge in [-0.25, -0.2) is 12.4 Å². The number of benzene rings is 2. The fourth-order valence-corrected chi connectivity index (χ4v) is 6.64. The van der Waals surface area contributed by atoms with E-state index in [2.05, 4.69) is 4.72 Å². The van der Waals surface area contributed by atoms with Gasteiger partial charge in [0.1, 0.15) is 10.5 Å². The average molecular weight is 475 g/mol. The molecular weight excluding hydrogens is 444 g/mol. The lowest BCUT2D eigenvalue weighted by Crippen LogP contribution is -2.42. The molecule has 8 heteroatoms. The molecule has 2 aromatic carbocycles. The van der Waals surface area contributed by atoms with Gasteiger partial charge in [-0.2, -0.15) is 0 Å². The zero-order valence-electron chi connectivity index (χ0n) is 19.1. The van der Waals surface area contributed by atoms with Crippen LogP contribution in [0.2, 0.25) is 0 Å². The Hall–Kier alpha value is -2.00. The van der Waals surface area contributed by atoms with E-state index in [0.717, 1.165) is 35.0 Å². The number of aryl methyl sites for hydroxylation is 1. The second kappa shape index (κ2) is 8.41. The average Bonchev–Trinajstić information content (AvgIpc) is 3.08. The minimum Gasteiger partial charge on any atom is -0.598 e. The Morgan fingerprint density at radius 1 is 1.16 bits per heavy atom. The Balaban J connectivity index is 1.95. The molecule has 0 aliphatic heterocycles. The van der Waals surface area contributed by atoms with E-state index in [-0.39, 0.29) is 10.9 Å². The van der Waals surface area contributed by atoms with Crippen LogP contribution in [0.4, 0.5) is 0 Å². The maximum atomic E-state index is 13.8. The molecule has 1 unspecified atom stereocenters. The third-order valence-electron chi connectivity index (χ3n) is 5.89. The van der Waals surface area contributed by atoms with Crippen molar-refractivity contribution in [3.05, 3.63) is 59.3 Å². The summed E-state index contributed by atoms with van der Waals surface area (Å²) in [6, 6.07) is 12.2. The van der Waals surface area contributed by atoms with Crippen molar-refractivity contribution in [2.75, 3.05) is 7.11 Å². The van der Waals surface area contributed by atoms with Crippen LogP contribution >= 0.6 is 0 Å². The molecule has 0 radical (unpaired) electrons. The van der Waals surface area contributed by atoms with Gasteiger partial charge in [-0.15, -0.1) is 4.72 Å². The van der Waals surface area contributed by atoms with E-state index in [1.165, 1.54) is 3.97 Å². The number of fused-ring (bicyclic) bond motifs is 3. The molecule has 1 N–H and O–H groups in total. The number of ether oxygens (including phenoxy) is 1. The summed E-state index contributed by atoms with van der Waals surface area (Å²) in [6.07, 6.45) is 2.23. The lowest BCUT2D eigenvalue weighted by atomic mass is 9.91. The van der Waals surface area contributed by atoms with Gasteiger partial charge in [0.15, 0.2) is 0 Å². The first-order valence-corrected chi connectivity index (χ1v) is 13.3. The quantitative estimate of drug-likeness (QED) is 0.546. The highest BCUT2D eigenvalue weighted by Gasteiger charge is 2.37. The van der Waals surface area contributed by atoms with Crippen molar-refractivity contribution in [1.82, 2.24) is 8.69 Å². The molecule has 1 aliphatic carbocycles. The van der Waals surface area contributed by atoms with Crippen molar-refractivity contribution >= 4 is 32.3 Å². The summed E-state index contributed by atoms with van der Waals surface area (Å²) in [6.45, 7) is 7.71. The van der Waals surface area contributed by atoms with E-state index in [1.54, 1.807) is 31.4 Å². The van der Waals surface area contributed by atoms with Crippen LogP contribution in [0, 0.1) is 6.92 Å². The Labute approximate surface area is 193 Å². The van der Waals surface area contributed by atoms with Crippen LogP contribution < -0.4 is 9.46 Å². The number of nitrogens with zero attached hydrogens (tertiary/aromatic N) is 1. The van der Waals surface area contributed by atoms with Gasteiger partial charge in [-0.3, -0.25) is 0 Å². The summed E-state index contributed by atoms with van der Waals surface area (Å²) < 4.78 is 50.3. The fraction of sp³-hybridized carbons (Fsp3) is 0.417. The monoisotopic (exact) mass is 474 g/mol. The molecule has 32 heavy (non-hydrogen) atoms. The molecule has 0 spiro atoms. The normalized spacial score (nSPS) is 17.9. The lowest BCUT2D eigenvalue weighted by Gasteiger charge is -2.30. The van der Waals surface area contributed by atoms with Gasteiger partial charge in [0, 0.05) is 28.0 Å². The molecule has 2 atom stereocenters. The summed E-state index contributed by atoms with van der Waals surface area (Å²) in [5.41, 5.74) is 3.27. The van der Waals surface area contributed by atoms with Crippen molar-refractivity contribution < 1.29 is 17.7 Å². The van der Waals surface area contributed by atoms with Crippen LogP contribution in [0.1, 0.15) is 56.5 Å². The molecular formula is C24H30N2O4S2. The van der Waals surface area contributed by atoms with E-state index in [1.807, 2.05) is 45.9 Å². The van der Waals surface area contributed by atoms with Gasteiger partial charge >= 0.3 is 0 Å². The van der Waals surface area contributed by atoms with Gasteiger partial charge in [0.25, 0.3) is 10.0 Å². The number of aromatic nitrogens is 1. The molecule has 0 saturated carbocycles. The molecule has 0 amide bonds. The van der Waals surface area contributed by atoms with Crippen LogP contribution in [0.15, 0.2) is 47.4 Å². The maximum Gasteiger partial charge on any atom is 0.268 e. The second-order valence-corrected chi connectivity index (χ2v) is 13.1. The topological polar surface area (TPSA) is 83.4 Å². The molecule has 0 saturated heterocycles. The molecule has 1 aromatic heterocycles. The zero-order valence-corrected chi connectivity index (χ0v) is 20.8. The molecule has 172 valence electrons. The largest absolute Gasteiger partial charge is 0.598 e. The molecule has 4 rings (SSSR count). The van der Waals surface area contributed by atoms with Crippen LogP contribution in [0.3, 0.4) is 0 Å². The van der Waals surface area contributed by atoms with E-state index in [4.69, 9.17) is 4.74 Å². The summed E-state index contributed by atoms with van der Waals surface area (Å²) >= 11 is -1.28. The molecule has 0 bridgehead atoms. The van der Waals surface area contributed by atoms with Crippen LogP contribution in [-0.2, 0) is 27.8 Å². The number of methoxy groups -OCH3 is 1. The summed E-state index contributed by atoms with van der Waals surface area (Å²) in [7, 11) is -2.21. The smallest absolute Gasteiger partial charge is 0.268 e. The predicted octanol–water partition coefficient (Wildman–Crippen LogP) is 4.62. The van der Waals surface area contributed by atoms with Gasteiger partial charge < -0.3 is 9.29 Å². The van der Waals surface area contributed by atoms with Gasteiger partial charge in [0.05, 0.1) is 23.6 Å². The number of hydrogen-bond donors (Lipinski definition) is 1. The highest BCUT2D eigenvalue weighted by atomic mass is 32.2. The predicted molar refractivity (Wildman–Crippen MR) is 129 cm³/mol. The summed E-state index contributed by atoms with van der Waals surface area (Å²) in [5, 5.41) is 0.818. The van der Waals surface area contributed by atoms with Crippen molar-refractivity contribution in [2.45, 2.75) is 62.6 Å². The molecule has 3 aromatic rings. The van der Waals surface area contributed by atoms with Crippen LogP contribution in [-0.4, -0.2) is 28.8 Å². The number of nitrogens with one attached hydrogen (secondary N) is 1. The van der Waals surface area contributed by atoms with Crippen LogP contribution in [0.25, 0.3) is 10.9 Å². The van der Waals surface area contributed by atoms with Crippen molar-refractivity contribution in [3.8, 4) is 5.75 Å². The minimum atomic E-state index is -3.81. The standard InChI is InChI=1S/C24H30N2O4S2/c1-16-9-12-18(13-10-16)32(28,29)26-21-14-11-17(30-5)15-19(21)23-20(7-6-8-22(23)26)25-31(27)24(2,3)4/h9-15,20,25H,6-8H2,1-5H3/t20-,31?/m0/s1. The molecule has 6 nitrogen and oxygen atoms in total. The van der Waals surface area contributed by atoms with Gasteiger partial charge in [-0.1, -0.05) is 17.7 Å². The van der Waals surface area contributed by atoms with Gasteiger partial charge in [0.2, 0.25) is 0 Å². The highest BCUT2D eigenvalue weighted by Crippen LogP contribution is 2.41. The maximum absolute atomic E-state index is 13.8. The first kappa shape index (κ1) is 23.2. The van der Waals surface area contributed by atoms with Crippen molar-refractivity contribution in [2.24, 2.45) is 0 Å².